The predicted octanol–water partition coefficient (Wildman–Crippen LogP) is 4.41. The first-order valence-electron chi connectivity index (χ1n) is 11.2. The van der Waals surface area contributed by atoms with Crippen molar-refractivity contribution in [2.24, 2.45) is 5.41 Å². The van der Waals surface area contributed by atoms with Gasteiger partial charge in [-0.3, -0.25) is 9.89 Å². The van der Waals surface area contributed by atoms with E-state index in [4.69, 9.17) is 0 Å². The lowest BCUT2D eigenvalue weighted by Crippen LogP contribution is -2.66. The van der Waals surface area contributed by atoms with Crippen LogP contribution in [0, 0.1) is 23.7 Å². The van der Waals surface area contributed by atoms with E-state index in [0.29, 0.717) is 5.56 Å². The highest BCUT2D eigenvalue weighted by Gasteiger charge is 2.56. The largest absolute Gasteiger partial charge is 0.370 e. The highest BCUT2D eigenvalue weighted by atomic mass is 16.2. The number of carbonyl (C=O) groups is 1. The van der Waals surface area contributed by atoms with Gasteiger partial charge in [0, 0.05) is 42.0 Å². The number of H-pyrrole nitrogens is 1. The molecule has 2 aliphatic heterocycles. The lowest BCUT2D eigenvalue weighted by Gasteiger charge is -2.55. The summed E-state index contributed by atoms with van der Waals surface area (Å²) in [5.41, 5.74) is 5.86. The number of nitrogens with one attached hydrogen (secondary N) is 1. The van der Waals surface area contributed by atoms with Crippen LogP contribution in [0.1, 0.15) is 30.9 Å². The zero-order valence-corrected chi connectivity index (χ0v) is 18.6. The van der Waals surface area contributed by atoms with E-state index < -0.39 is 0 Å². The molecule has 2 aromatic carbocycles. The highest BCUT2D eigenvalue weighted by Crippen LogP contribution is 2.49. The fourth-order valence-electron chi connectivity index (χ4n) is 5.89. The summed E-state index contributed by atoms with van der Waals surface area (Å²) in [4.78, 5) is 16.5. The molecular weight excluding hydrogens is 398 g/mol. The van der Waals surface area contributed by atoms with Crippen molar-refractivity contribution in [3.8, 4) is 17.2 Å². The van der Waals surface area contributed by atoms with E-state index in [1.54, 1.807) is 0 Å². The molecule has 2 atom stereocenters. The summed E-state index contributed by atoms with van der Waals surface area (Å²) in [6.07, 6.45) is 5.21. The van der Waals surface area contributed by atoms with Crippen LogP contribution in [-0.2, 0) is 4.79 Å². The number of hydrogen-bond donors (Lipinski definition) is 1. The molecule has 1 aromatic heterocycles. The maximum atomic E-state index is 12.2. The molecular formula is C26H27N5O. The van der Waals surface area contributed by atoms with E-state index >= 15 is 0 Å². The topological polar surface area (TPSA) is 76.0 Å². The van der Waals surface area contributed by atoms with Crippen LogP contribution >= 0.6 is 0 Å². The molecule has 2 unspecified atom stereocenters. The van der Waals surface area contributed by atoms with Gasteiger partial charge in [-0.2, -0.15) is 10.4 Å². The number of nitriles is 1. The van der Waals surface area contributed by atoms with Gasteiger partial charge in [-0.05, 0) is 49.1 Å². The summed E-state index contributed by atoms with van der Waals surface area (Å²) in [6.45, 7) is 10.4. The smallest absolute Gasteiger partial charge is 0.246 e. The minimum Gasteiger partial charge on any atom is -0.370 e. The van der Waals surface area contributed by atoms with Crippen LogP contribution in [0.3, 0.4) is 0 Å². The van der Waals surface area contributed by atoms with Gasteiger partial charge in [0.05, 0.1) is 23.0 Å². The minimum absolute atomic E-state index is 0.0179. The molecule has 6 nitrogen and oxygen atoms in total. The molecule has 3 aromatic rings. The second kappa shape index (κ2) is 7.52. The maximum absolute atomic E-state index is 12.2. The Morgan fingerprint density at radius 3 is 2.97 bits per heavy atom. The van der Waals surface area contributed by atoms with E-state index in [9.17, 15) is 10.1 Å². The first-order chi connectivity index (χ1) is 15.5. The van der Waals surface area contributed by atoms with Gasteiger partial charge in [0.2, 0.25) is 5.91 Å². The SMILES string of the molecule is C=CC(=O)N1CC2(CCN(c3cccc(-c4c(C)ccc5[nH]ncc45)c3C#N)C2)C1CC. The molecule has 0 aliphatic carbocycles. The van der Waals surface area contributed by atoms with E-state index in [0.717, 1.165) is 65.8 Å². The molecule has 0 radical (unpaired) electrons. The standard InChI is InChI=1S/C26H27N5O/c1-4-23-26(16-31(23)24(32)5-2)11-12-30(15-26)22-8-6-7-18(19(22)13-27)25-17(3)9-10-21-20(25)14-28-29-21/h5-10,14,23H,2,4,11-12,15-16H2,1,3H3,(H,28,29). The minimum atomic E-state index is 0.0179. The van der Waals surface area contributed by atoms with Crippen molar-refractivity contribution in [3.63, 3.8) is 0 Å². The molecule has 1 spiro atoms. The van der Waals surface area contributed by atoms with Gasteiger partial charge in [0.25, 0.3) is 0 Å². The van der Waals surface area contributed by atoms with Gasteiger partial charge in [0.15, 0.2) is 0 Å². The Labute approximate surface area is 188 Å². The highest BCUT2D eigenvalue weighted by molar-refractivity contribution is 5.98. The number of fused-ring (bicyclic) bond motifs is 1. The number of benzene rings is 2. The molecule has 6 heteroatoms. The number of anilines is 1. The summed E-state index contributed by atoms with van der Waals surface area (Å²) in [6, 6.07) is 13.0. The van der Waals surface area contributed by atoms with Crippen molar-refractivity contribution < 1.29 is 4.79 Å². The summed E-state index contributed by atoms with van der Waals surface area (Å²) >= 11 is 0. The molecule has 1 amide bonds. The predicted molar refractivity (Wildman–Crippen MR) is 126 cm³/mol. The Hall–Kier alpha value is -3.59. The van der Waals surface area contributed by atoms with Crippen LogP contribution in [0.2, 0.25) is 0 Å². The van der Waals surface area contributed by atoms with Gasteiger partial charge < -0.3 is 9.80 Å². The Bertz CT molecular complexity index is 1270. The fraction of sp³-hybridized carbons (Fsp3) is 0.346. The van der Waals surface area contributed by atoms with Gasteiger partial charge in [-0.15, -0.1) is 0 Å². The van der Waals surface area contributed by atoms with Gasteiger partial charge in [-0.25, -0.2) is 0 Å². The first-order valence-corrected chi connectivity index (χ1v) is 11.2. The molecule has 2 aliphatic rings. The van der Waals surface area contributed by atoms with Crippen molar-refractivity contribution in [2.45, 2.75) is 32.7 Å². The third kappa shape index (κ3) is 2.85. The lowest BCUT2D eigenvalue weighted by atomic mass is 9.69. The fourth-order valence-corrected chi connectivity index (χ4v) is 5.89. The molecule has 162 valence electrons. The molecule has 3 heterocycles. The summed E-state index contributed by atoms with van der Waals surface area (Å²) < 4.78 is 0. The number of aromatic amines is 1. The number of aromatic nitrogens is 2. The number of amides is 1. The van der Waals surface area contributed by atoms with E-state index in [1.807, 2.05) is 29.3 Å². The van der Waals surface area contributed by atoms with Gasteiger partial charge >= 0.3 is 0 Å². The van der Waals surface area contributed by atoms with Crippen molar-refractivity contribution >= 4 is 22.5 Å². The second-order valence-corrected chi connectivity index (χ2v) is 9.03. The van der Waals surface area contributed by atoms with Crippen molar-refractivity contribution in [1.82, 2.24) is 15.1 Å². The Morgan fingerprint density at radius 1 is 1.38 bits per heavy atom. The van der Waals surface area contributed by atoms with Crippen LogP contribution in [0.5, 0.6) is 0 Å². The summed E-state index contributed by atoms with van der Waals surface area (Å²) in [5, 5.41) is 18.5. The number of aryl methyl sites for hydroxylation is 1. The van der Waals surface area contributed by atoms with Crippen molar-refractivity contribution in [2.75, 3.05) is 24.5 Å². The monoisotopic (exact) mass is 425 g/mol. The van der Waals surface area contributed by atoms with Gasteiger partial charge in [-0.1, -0.05) is 31.7 Å². The average Bonchev–Trinajstić information content (AvgIpc) is 3.45. The number of carbonyl (C=O) groups excluding carboxylic acids is 1. The van der Waals surface area contributed by atoms with Crippen LogP contribution in [0.4, 0.5) is 5.69 Å². The molecule has 32 heavy (non-hydrogen) atoms. The van der Waals surface area contributed by atoms with E-state index in [1.165, 1.54) is 6.08 Å². The lowest BCUT2D eigenvalue weighted by molar-refractivity contribution is -0.147. The van der Waals surface area contributed by atoms with Gasteiger partial charge in [0.1, 0.15) is 6.07 Å². The Morgan fingerprint density at radius 2 is 2.22 bits per heavy atom. The van der Waals surface area contributed by atoms with Crippen molar-refractivity contribution in [1.29, 1.82) is 5.26 Å². The summed E-state index contributed by atoms with van der Waals surface area (Å²) in [7, 11) is 0. The molecule has 0 saturated carbocycles. The Balaban J connectivity index is 1.52. The summed E-state index contributed by atoms with van der Waals surface area (Å²) in [5.74, 6) is 0.0179. The second-order valence-electron chi connectivity index (χ2n) is 9.03. The van der Waals surface area contributed by atoms with Crippen LogP contribution in [0.15, 0.2) is 49.2 Å². The molecule has 2 saturated heterocycles. The van der Waals surface area contributed by atoms with E-state index in [2.05, 4.69) is 53.7 Å². The zero-order valence-electron chi connectivity index (χ0n) is 18.6. The quantitative estimate of drug-likeness (QED) is 0.628. The third-order valence-electron chi connectivity index (χ3n) is 7.39. The Kier molecular flexibility index (Phi) is 4.78. The molecule has 1 N–H and O–H groups in total. The molecule has 0 bridgehead atoms. The van der Waals surface area contributed by atoms with Crippen LogP contribution in [-0.4, -0.2) is 46.7 Å². The normalized spacial score (nSPS) is 22.2. The average molecular weight is 426 g/mol. The third-order valence-corrected chi connectivity index (χ3v) is 7.39. The number of nitrogens with zero attached hydrogens (tertiary/aromatic N) is 4. The van der Waals surface area contributed by atoms with Crippen LogP contribution < -0.4 is 4.90 Å². The number of likely N-dealkylation sites (tertiary alicyclic amines) is 1. The zero-order chi connectivity index (χ0) is 22.5. The first kappa shape index (κ1) is 20.3. The van der Waals surface area contributed by atoms with Crippen molar-refractivity contribution in [3.05, 3.63) is 60.3 Å². The van der Waals surface area contributed by atoms with Crippen LogP contribution in [0.25, 0.3) is 22.0 Å². The number of hydrogen-bond acceptors (Lipinski definition) is 4. The van der Waals surface area contributed by atoms with E-state index in [-0.39, 0.29) is 17.4 Å². The maximum Gasteiger partial charge on any atom is 0.246 e. The molecule has 2 fully saturated rings. The molecule has 5 rings (SSSR count). The number of rotatable bonds is 4.